The van der Waals surface area contributed by atoms with E-state index in [0.717, 1.165) is 31.4 Å². The molecule has 3 aromatic rings. The minimum atomic E-state index is -0.745. The van der Waals surface area contributed by atoms with Crippen LogP contribution in [-0.2, 0) is 27.8 Å². The zero-order chi connectivity index (χ0) is 25.4. The molecule has 2 amide bonds. The number of benzene rings is 2. The molecule has 2 aromatic carbocycles. The number of H-pyrrole nitrogens is 1. The lowest BCUT2D eigenvalue weighted by atomic mass is 9.70. The second kappa shape index (κ2) is 12.0. The third-order valence-corrected chi connectivity index (χ3v) is 7.08. The minimum absolute atomic E-state index is 0.0554. The summed E-state index contributed by atoms with van der Waals surface area (Å²) in [6.07, 6.45) is 8.70. The molecule has 0 saturated carbocycles. The monoisotopic (exact) mass is 490 g/mol. The number of aromatic nitrogens is 2. The molecule has 1 atom stereocenters. The fraction of sp³-hybridized carbons (Fsp3) is 0.414. The van der Waals surface area contributed by atoms with Gasteiger partial charge in [-0.15, -0.1) is 0 Å². The summed E-state index contributed by atoms with van der Waals surface area (Å²) in [5.41, 5.74) is 2.75. The van der Waals surface area contributed by atoms with Gasteiger partial charge in [0.15, 0.2) is 0 Å². The normalized spacial score (nSPS) is 15.2. The molecule has 1 aromatic heterocycles. The predicted octanol–water partition coefficient (Wildman–Crippen LogP) is 4.57. The van der Waals surface area contributed by atoms with Gasteiger partial charge in [0.25, 0.3) is 0 Å². The lowest BCUT2D eigenvalue weighted by molar-refractivity contribution is -0.143. The van der Waals surface area contributed by atoms with Crippen molar-refractivity contribution in [3.05, 3.63) is 89.8 Å². The Kier molecular flexibility index (Phi) is 8.52. The Morgan fingerprint density at radius 2 is 1.94 bits per heavy atom. The van der Waals surface area contributed by atoms with Crippen LogP contribution in [0.3, 0.4) is 0 Å². The van der Waals surface area contributed by atoms with E-state index >= 15 is 0 Å². The van der Waals surface area contributed by atoms with E-state index in [2.05, 4.69) is 34.3 Å². The third-order valence-electron chi connectivity index (χ3n) is 7.08. The summed E-state index contributed by atoms with van der Waals surface area (Å²) in [7, 11) is 0. The number of aromatic amines is 1. The molecular formula is C29H35FN4O2. The Morgan fingerprint density at radius 1 is 1.14 bits per heavy atom. The molecule has 1 saturated heterocycles. The van der Waals surface area contributed by atoms with Gasteiger partial charge < -0.3 is 15.2 Å². The quantitative estimate of drug-likeness (QED) is 0.365. The van der Waals surface area contributed by atoms with Gasteiger partial charge in [0.05, 0.1) is 6.33 Å². The van der Waals surface area contributed by atoms with Crippen LogP contribution in [0.4, 0.5) is 4.39 Å². The largest absolute Gasteiger partial charge is 0.348 e. The summed E-state index contributed by atoms with van der Waals surface area (Å²) >= 11 is 0. The first-order valence-electron chi connectivity index (χ1n) is 12.8. The highest BCUT2D eigenvalue weighted by atomic mass is 19.1. The number of aryl methyl sites for hydroxylation is 1. The van der Waals surface area contributed by atoms with Gasteiger partial charge in [0.2, 0.25) is 11.8 Å². The number of imidazole rings is 1. The van der Waals surface area contributed by atoms with Gasteiger partial charge >= 0.3 is 0 Å². The topological polar surface area (TPSA) is 78.1 Å². The molecule has 7 heteroatoms. The molecule has 4 rings (SSSR count). The van der Waals surface area contributed by atoms with Gasteiger partial charge in [-0.05, 0) is 36.1 Å². The standard InChI is InChI=1S/C29H35FN4O2/c1-2-3-7-15-29(23-10-5-4-6-11-23)19-34(20-29)28(36)26(17-22-9-8-12-24(30)16-22)33-27(35)14-13-25-18-31-21-32-25/h4-6,8-12,16,18,21,26H,2-3,7,13-15,17,19-20H2,1H3,(H,31,32)(H,33,35)/t26-/m1/s1. The van der Waals surface area contributed by atoms with Crippen LogP contribution in [0.1, 0.15) is 55.8 Å². The fourth-order valence-electron chi connectivity index (χ4n) is 5.09. The van der Waals surface area contributed by atoms with Crippen molar-refractivity contribution >= 4 is 11.8 Å². The van der Waals surface area contributed by atoms with Crippen molar-refractivity contribution < 1.29 is 14.0 Å². The Bertz CT molecular complexity index is 1130. The zero-order valence-electron chi connectivity index (χ0n) is 20.9. The maximum atomic E-state index is 13.8. The van der Waals surface area contributed by atoms with E-state index in [1.54, 1.807) is 24.7 Å². The lowest BCUT2D eigenvalue weighted by Crippen LogP contribution is -2.64. The average Bonchev–Trinajstić information content (AvgIpc) is 3.38. The van der Waals surface area contributed by atoms with E-state index in [1.807, 2.05) is 23.1 Å². The summed E-state index contributed by atoms with van der Waals surface area (Å²) in [5.74, 6) is -0.680. The van der Waals surface area contributed by atoms with E-state index in [-0.39, 0.29) is 35.9 Å². The van der Waals surface area contributed by atoms with Crippen molar-refractivity contribution in [1.29, 1.82) is 0 Å². The number of unbranched alkanes of at least 4 members (excludes halogenated alkanes) is 2. The van der Waals surface area contributed by atoms with Crippen molar-refractivity contribution in [3.63, 3.8) is 0 Å². The van der Waals surface area contributed by atoms with E-state index in [9.17, 15) is 14.0 Å². The molecule has 190 valence electrons. The second-order valence-electron chi connectivity index (χ2n) is 9.83. The van der Waals surface area contributed by atoms with Crippen LogP contribution < -0.4 is 5.32 Å². The van der Waals surface area contributed by atoms with Crippen molar-refractivity contribution in [1.82, 2.24) is 20.2 Å². The molecular weight excluding hydrogens is 455 g/mol. The van der Waals surface area contributed by atoms with Crippen LogP contribution in [0.15, 0.2) is 67.1 Å². The van der Waals surface area contributed by atoms with E-state index < -0.39 is 6.04 Å². The molecule has 0 radical (unpaired) electrons. The Labute approximate surface area is 212 Å². The smallest absolute Gasteiger partial charge is 0.245 e. The van der Waals surface area contributed by atoms with Crippen LogP contribution in [0.25, 0.3) is 0 Å². The molecule has 6 nitrogen and oxygen atoms in total. The van der Waals surface area contributed by atoms with Gasteiger partial charge in [0, 0.05) is 43.2 Å². The number of amides is 2. The number of carbonyl (C=O) groups excluding carboxylic acids is 2. The maximum absolute atomic E-state index is 13.8. The number of hydrogen-bond donors (Lipinski definition) is 2. The van der Waals surface area contributed by atoms with Crippen molar-refractivity contribution in [3.8, 4) is 0 Å². The van der Waals surface area contributed by atoms with Gasteiger partial charge in [0.1, 0.15) is 11.9 Å². The fourth-order valence-corrected chi connectivity index (χ4v) is 5.09. The summed E-state index contributed by atoms with van der Waals surface area (Å²) in [4.78, 5) is 35.2. The number of nitrogens with one attached hydrogen (secondary N) is 2. The van der Waals surface area contributed by atoms with Gasteiger partial charge in [-0.2, -0.15) is 0 Å². The molecule has 2 N–H and O–H groups in total. The van der Waals surface area contributed by atoms with Crippen molar-refractivity contribution in [2.75, 3.05) is 13.1 Å². The van der Waals surface area contributed by atoms with Crippen molar-refractivity contribution in [2.24, 2.45) is 0 Å². The van der Waals surface area contributed by atoms with E-state index in [1.165, 1.54) is 17.7 Å². The molecule has 1 fully saturated rings. The highest BCUT2D eigenvalue weighted by Gasteiger charge is 2.47. The van der Waals surface area contributed by atoms with Gasteiger partial charge in [-0.1, -0.05) is 68.7 Å². The zero-order valence-corrected chi connectivity index (χ0v) is 20.9. The van der Waals surface area contributed by atoms with E-state index in [4.69, 9.17) is 0 Å². The highest BCUT2D eigenvalue weighted by molar-refractivity contribution is 5.88. The number of nitrogens with zero attached hydrogens (tertiary/aromatic N) is 2. The Balaban J connectivity index is 1.46. The van der Waals surface area contributed by atoms with E-state index in [0.29, 0.717) is 25.1 Å². The molecule has 0 aliphatic carbocycles. The third kappa shape index (κ3) is 6.39. The number of halogens is 1. The number of hydrogen-bond acceptors (Lipinski definition) is 3. The summed E-state index contributed by atoms with van der Waals surface area (Å²) in [6.45, 7) is 3.45. The summed E-state index contributed by atoms with van der Waals surface area (Å²) < 4.78 is 13.8. The van der Waals surface area contributed by atoms with Crippen LogP contribution in [0, 0.1) is 5.82 Å². The first-order valence-corrected chi connectivity index (χ1v) is 12.8. The molecule has 1 aliphatic rings. The van der Waals surface area contributed by atoms with Crippen LogP contribution in [-0.4, -0.2) is 45.8 Å². The summed E-state index contributed by atoms with van der Waals surface area (Å²) in [5, 5.41) is 2.93. The minimum Gasteiger partial charge on any atom is -0.348 e. The van der Waals surface area contributed by atoms with Crippen LogP contribution in [0.5, 0.6) is 0 Å². The molecule has 2 heterocycles. The first-order chi connectivity index (χ1) is 17.5. The van der Waals surface area contributed by atoms with Crippen molar-refractivity contribution in [2.45, 2.75) is 63.3 Å². The average molecular weight is 491 g/mol. The molecule has 0 spiro atoms. The SMILES string of the molecule is CCCCCC1(c2ccccc2)CN(C(=O)[C@@H](Cc2cccc(F)c2)NC(=O)CCc2cnc[nH]2)C1. The highest BCUT2D eigenvalue weighted by Crippen LogP contribution is 2.39. The Hall–Kier alpha value is -3.48. The number of likely N-dealkylation sites (tertiary alicyclic amines) is 1. The first kappa shape index (κ1) is 25.6. The Morgan fingerprint density at radius 3 is 2.64 bits per heavy atom. The van der Waals surface area contributed by atoms with Crippen LogP contribution >= 0.6 is 0 Å². The molecule has 1 aliphatic heterocycles. The summed E-state index contributed by atoms with van der Waals surface area (Å²) in [6, 6.07) is 15.9. The van der Waals surface area contributed by atoms with Gasteiger partial charge in [-0.3, -0.25) is 9.59 Å². The molecule has 36 heavy (non-hydrogen) atoms. The lowest BCUT2D eigenvalue weighted by Gasteiger charge is -2.52. The van der Waals surface area contributed by atoms with Gasteiger partial charge in [-0.25, -0.2) is 9.37 Å². The number of rotatable bonds is 12. The predicted molar refractivity (Wildman–Crippen MR) is 138 cm³/mol. The number of carbonyl (C=O) groups is 2. The maximum Gasteiger partial charge on any atom is 0.245 e. The molecule has 0 bridgehead atoms. The molecule has 0 unspecified atom stereocenters. The van der Waals surface area contributed by atoms with Crippen LogP contribution in [0.2, 0.25) is 0 Å². The second-order valence-corrected chi connectivity index (χ2v) is 9.83.